The van der Waals surface area contributed by atoms with E-state index in [0.29, 0.717) is 6.54 Å². The third kappa shape index (κ3) is 3.22. The summed E-state index contributed by atoms with van der Waals surface area (Å²) < 4.78 is 0.957. The first-order chi connectivity index (χ1) is 10.1. The Balaban J connectivity index is 2.34. The molecule has 2 rings (SSSR count). The molecular formula is C16H20BrN3O. The highest BCUT2D eigenvalue weighted by atomic mass is 79.9. The lowest BCUT2D eigenvalue weighted by molar-refractivity contribution is -0.117. The van der Waals surface area contributed by atoms with E-state index in [9.17, 15) is 4.79 Å². The van der Waals surface area contributed by atoms with Crippen LogP contribution in [0.3, 0.4) is 0 Å². The van der Waals surface area contributed by atoms with Crippen LogP contribution in [0.5, 0.6) is 0 Å². The van der Waals surface area contributed by atoms with Gasteiger partial charge in [0.2, 0.25) is 5.91 Å². The van der Waals surface area contributed by atoms with E-state index in [1.807, 2.05) is 12.1 Å². The summed E-state index contributed by atoms with van der Waals surface area (Å²) in [5.74, 6) is 2.67. The molecule has 0 saturated heterocycles. The standard InChI is InChI=1S/C16H20BrN3O/c1-4-7-18-15-11-9-12(17)14(20(6-3)8-5-2)10-13(11)19-16(15)21/h2,9-10,15,18H,4,6-8H2,1,3H3,(H,19,21). The van der Waals surface area contributed by atoms with Crippen LogP contribution in [0.25, 0.3) is 0 Å². The summed E-state index contributed by atoms with van der Waals surface area (Å²) in [7, 11) is 0. The van der Waals surface area contributed by atoms with Crippen LogP contribution in [0.15, 0.2) is 16.6 Å². The molecular weight excluding hydrogens is 330 g/mol. The van der Waals surface area contributed by atoms with Crippen LogP contribution in [-0.2, 0) is 4.79 Å². The van der Waals surface area contributed by atoms with E-state index >= 15 is 0 Å². The van der Waals surface area contributed by atoms with Gasteiger partial charge in [-0.05, 0) is 48.0 Å². The fraction of sp³-hybridized carbons (Fsp3) is 0.438. The van der Waals surface area contributed by atoms with E-state index in [0.717, 1.165) is 40.9 Å². The van der Waals surface area contributed by atoms with Crippen LogP contribution in [-0.4, -0.2) is 25.5 Å². The van der Waals surface area contributed by atoms with Gasteiger partial charge in [0.1, 0.15) is 6.04 Å². The first-order valence-corrected chi connectivity index (χ1v) is 7.97. The Kier molecular flexibility index (Phi) is 5.27. The summed E-state index contributed by atoms with van der Waals surface area (Å²) in [6.07, 6.45) is 6.41. The van der Waals surface area contributed by atoms with Gasteiger partial charge in [-0.2, -0.15) is 0 Å². The average molecular weight is 350 g/mol. The van der Waals surface area contributed by atoms with Crippen LogP contribution < -0.4 is 15.5 Å². The predicted molar refractivity (Wildman–Crippen MR) is 90.5 cm³/mol. The maximum absolute atomic E-state index is 12.1. The molecule has 0 fully saturated rings. The smallest absolute Gasteiger partial charge is 0.246 e. The fourth-order valence-electron chi connectivity index (χ4n) is 2.48. The zero-order chi connectivity index (χ0) is 15.4. The van der Waals surface area contributed by atoms with Crippen molar-refractivity contribution >= 4 is 33.2 Å². The Bertz CT molecular complexity index is 580. The zero-order valence-corrected chi connectivity index (χ0v) is 14.0. The van der Waals surface area contributed by atoms with Crippen molar-refractivity contribution in [3.63, 3.8) is 0 Å². The third-order valence-electron chi connectivity index (χ3n) is 3.55. The van der Waals surface area contributed by atoms with Crippen LogP contribution in [0.4, 0.5) is 11.4 Å². The average Bonchev–Trinajstić information content (AvgIpc) is 2.77. The van der Waals surface area contributed by atoms with Gasteiger partial charge in [-0.1, -0.05) is 12.8 Å². The van der Waals surface area contributed by atoms with Gasteiger partial charge in [-0.3, -0.25) is 4.79 Å². The first-order valence-electron chi connectivity index (χ1n) is 7.18. The summed E-state index contributed by atoms with van der Waals surface area (Å²) in [4.78, 5) is 14.2. The number of halogens is 1. The van der Waals surface area contributed by atoms with Gasteiger partial charge in [-0.25, -0.2) is 0 Å². The number of hydrogen-bond donors (Lipinski definition) is 2. The number of terminal acetylenes is 1. The summed E-state index contributed by atoms with van der Waals surface area (Å²) in [6, 6.07) is 3.73. The second-order valence-corrected chi connectivity index (χ2v) is 5.84. The number of hydrogen-bond acceptors (Lipinski definition) is 3. The molecule has 1 aliphatic rings. The van der Waals surface area contributed by atoms with Gasteiger partial charge in [-0.15, -0.1) is 6.42 Å². The van der Waals surface area contributed by atoms with Crippen molar-refractivity contribution in [3.05, 3.63) is 22.2 Å². The van der Waals surface area contributed by atoms with E-state index in [1.165, 1.54) is 0 Å². The molecule has 1 unspecified atom stereocenters. The Morgan fingerprint density at radius 3 is 2.86 bits per heavy atom. The van der Waals surface area contributed by atoms with Gasteiger partial charge in [0.05, 0.1) is 12.2 Å². The largest absolute Gasteiger partial charge is 0.360 e. The van der Waals surface area contributed by atoms with E-state index in [2.05, 4.69) is 51.2 Å². The van der Waals surface area contributed by atoms with Crippen LogP contribution in [0.1, 0.15) is 31.9 Å². The van der Waals surface area contributed by atoms with E-state index in [-0.39, 0.29) is 11.9 Å². The number of benzene rings is 1. The molecule has 1 aromatic carbocycles. The quantitative estimate of drug-likeness (QED) is 0.776. The third-order valence-corrected chi connectivity index (χ3v) is 4.19. The molecule has 5 heteroatoms. The van der Waals surface area contributed by atoms with Crippen LogP contribution in [0.2, 0.25) is 0 Å². The van der Waals surface area contributed by atoms with Crippen molar-refractivity contribution in [3.8, 4) is 12.3 Å². The van der Waals surface area contributed by atoms with Crippen LogP contribution >= 0.6 is 15.9 Å². The number of rotatable bonds is 6. The van der Waals surface area contributed by atoms with Crippen molar-refractivity contribution in [2.24, 2.45) is 0 Å². The van der Waals surface area contributed by atoms with Gasteiger partial charge >= 0.3 is 0 Å². The van der Waals surface area contributed by atoms with Crippen molar-refractivity contribution in [1.82, 2.24) is 5.32 Å². The second kappa shape index (κ2) is 6.97. The van der Waals surface area contributed by atoms with Crippen molar-refractivity contribution in [1.29, 1.82) is 0 Å². The SMILES string of the molecule is C#CCN(CC)c1cc2c(cc1Br)C(NCCC)C(=O)N2. The normalized spacial score (nSPS) is 16.3. The molecule has 1 atom stereocenters. The molecule has 4 nitrogen and oxygen atoms in total. The molecule has 0 radical (unpaired) electrons. The highest BCUT2D eigenvalue weighted by Gasteiger charge is 2.31. The highest BCUT2D eigenvalue weighted by molar-refractivity contribution is 9.10. The molecule has 1 heterocycles. The number of nitrogens with one attached hydrogen (secondary N) is 2. The van der Waals surface area contributed by atoms with Gasteiger partial charge < -0.3 is 15.5 Å². The van der Waals surface area contributed by atoms with E-state index in [1.54, 1.807) is 0 Å². The highest BCUT2D eigenvalue weighted by Crippen LogP contribution is 2.39. The molecule has 0 spiro atoms. The van der Waals surface area contributed by atoms with Gasteiger partial charge in [0.15, 0.2) is 0 Å². The predicted octanol–water partition coefficient (Wildman–Crippen LogP) is 2.90. The van der Waals surface area contributed by atoms with E-state index < -0.39 is 0 Å². The van der Waals surface area contributed by atoms with Crippen LogP contribution in [0, 0.1) is 12.3 Å². The molecule has 2 N–H and O–H groups in total. The maximum Gasteiger partial charge on any atom is 0.246 e. The molecule has 1 aromatic rings. The lowest BCUT2D eigenvalue weighted by Crippen LogP contribution is -2.28. The fourth-order valence-corrected chi connectivity index (χ4v) is 3.09. The zero-order valence-electron chi connectivity index (χ0n) is 12.4. The number of carbonyl (C=O) groups is 1. The Hall–Kier alpha value is -1.51. The molecule has 112 valence electrons. The van der Waals surface area contributed by atoms with E-state index in [4.69, 9.17) is 6.42 Å². The number of fused-ring (bicyclic) bond motifs is 1. The Morgan fingerprint density at radius 1 is 1.48 bits per heavy atom. The van der Waals surface area contributed by atoms with Crippen molar-refractivity contribution in [2.45, 2.75) is 26.3 Å². The lowest BCUT2D eigenvalue weighted by atomic mass is 10.1. The Morgan fingerprint density at radius 2 is 2.24 bits per heavy atom. The Labute approximate surface area is 134 Å². The summed E-state index contributed by atoms with van der Waals surface area (Å²) in [5, 5.41) is 6.22. The molecule has 1 aliphatic heterocycles. The molecule has 0 saturated carbocycles. The lowest BCUT2D eigenvalue weighted by Gasteiger charge is -2.23. The van der Waals surface area contributed by atoms with Crippen molar-refractivity contribution < 1.29 is 4.79 Å². The first kappa shape index (κ1) is 15.9. The van der Waals surface area contributed by atoms with Gasteiger partial charge in [0.25, 0.3) is 0 Å². The molecule has 1 amide bonds. The van der Waals surface area contributed by atoms with Crippen molar-refractivity contribution in [2.75, 3.05) is 29.9 Å². The van der Waals surface area contributed by atoms with Gasteiger partial charge in [0, 0.05) is 22.3 Å². The monoisotopic (exact) mass is 349 g/mol. The molecule has 0 aliphatic carbocycles. The molecule has 0 bridgehead atoms. The summed E-state index contributed by atoms with van der Waals surface area (Å²) in [5.41, 5.74) is 2.86. The number of anilines is 2. The summed E-state index contributed by atoms with van der Waals surface area (Å²) >= 11 is 3.60. The minimum Gasteiger partial charge on any atom is -0.360 e. The minimum absolute atomic E-state index is 0.00231. The number of nitrogens with zero attached hydrogens (tertiary/aromatic N) is 1. The summed E-state index contributed by atoms with van der Waals surface area (Å²) in [6.45, 7) is 6.31. The minimum atomic E-state index is -0.270. The number of amides is 1. The maximum atomic E-state index is 12.1. The second-order valence-electron chi connectivity index (χ2n) is 4.99. The molecule has 21 heavy (non-hydrogen) atoms. The number of carbonyl (C=O) groups excluding carboxylic acids is 1. The molecule has 0 aromatic heterocycles. The topological polar surface area (TPSA) is 44.4 Å².